The molecule has 0 aromatic carbocycles. The van der Waals surface area contributed by atoms with Crippen molar-refractivity contribution in [2.45, 2.75) is 26.9 Å². The van der Waals surface area contributed by atoms with Gasteiger partial charge in [-0.3, -0.25) is 0 Å². The quantitative estimate of drug-likeness (QED) is 0.519. The van der Waals surface area contributed by atoms with Crippen LogP contribution in [0.1, 0.15) is 20.8 Å². The molecule has 5 nitrogen and oxygen atoms in total. The largest absolute Gasteiger partial charge is 0.478 e. The minimum absolute atomic E-state index is 0.176. The Morgan fingerprint density at radius 2 is 1.86 bits per heavy atom. The van der Waals surface area contributed by atoms with Gasteiger partial charge in [0.05, 0.1) is 6.61 Å². The number of hydrogen-bond acceptors (Lipinski definition) is 4. The lowest BCUT2D eigenvalue weighted by Gasteiger charge is -2.01. The standard InChI is InChI=1S/C5H10O3.C4H6O2/c1-3-8-5(7)4(2)6;1-3(2)4(5)6/h4,6H,3H2,1-2H3;1H2,2H3,(H,5,6). The third-order valence-electron chi connectivity index (χ3n) is 0.993. The van der Waals surface area contributed by atoms with Crippen LogP contribution in [0.2, 0.25) is 0 Å². The van der Waals surface area contributed by atoms with Crippen LogP contribution < -0.4 is 0 Å². The molecule has 1 unspecified atom stereocenters. The van der Waals surface area contributed by atoms with Crippen molar-refractivity contribution < 1.29 is 24.5 Å². The van der Waals surface area contributed by atoms with Gasteiger partial charge >= 0.3 is 11.9 Å². The van der Waals surface area contributed by atoms with Crippen LogP contribution in [0, 0.1) is 0 Å². The fraction of sp³-hybridized carbons (Fsp3) is 0.556. The lowest BCUT2D eigenvalue weighted by atomic mass is 10.4. The topological polar surface area (TPSA) is 83.8 Å². The van der Waals surface area contributed by atoms with Gasteiger partial charge in [0, 0.05) is 5.57 Å². The molecule has 5 heteroatoms. The van der Waals surface area contributed by atoms with Gasteiger partial charge in [0.1, 0.15) is 6.10 Å². The molecule has 0 aliphatic heterocycles. The predicted molar refractivity (Wildman–Crippen MR) is 50.8 cm³/mol. The molecular formula is C9H16O5. The summed E-state index contributed by atoms with van der Waals surface area (Å²) < 4.78 is 4.41. The fourth-order valence-corrected chi connectivity index (χ4v) is 0.263. The number of aliphatic hydroxyl groups is 1. The number of hydrogen-bond donors (Lipinski definition) is 2. The summed E-state index contributed by atoms with van der Waals surface area (Å²) in [4.78, 5) is 19.9. The zero-order chi connectivity index (χ0) is 11.7. The summed E-state index contributed by atoms with van der Waals surface area (Å²) in [6.45, 7) is 7.99. The van der Waals surface area contributed by atoms with E-state index in [-0.39, 0.29) is 5.57 Å². The van der Waals surface area contributed by atoms with Crippen molar-refractivity contribution in [1.29, 1.82) is 0 Å². The van der Waals surface area contributed by atoms with Crippen LogP contribution >= 0.6 is 0 Å². The molecule has 2 N–H and O–H groups in total. The molecule has 0 saturated carbocycles. The van der Waals surface area contributed by atoms with Crippen LogP contribution in [0.4, 0.5) is 0 Å². The summed E-state index contributed by atoms with van der Waals surface area (Å²) in [5.74, 6) is -1.50. The molecule has 0 fully saturated rings. The van der Waals surface area contributed by atoms with Gasteiger partial charge in [-0.15, -0.1) is 0 Å². The number of aliphatic carboxylic acids is 1. The summed E-state index contributed by atoms with van der Waals surface area (Å²) in [5.41, 5.74) is 0.176. The zero-order valence-corrected chi connectivity index (χ0v) is 8.61. The lowest BCUT2D eigenvalue weighted by molar-refractivity contribution is -0.151. The van der Waals surface area contributed by atoms with Crippen molar-refractivity contribution in [2.24, 2.45) is 0 Å². The maximum Gasteiger partial charge on any atom is 0.334 e. The number of aliphatic hydroxyl groups excluding tert-OH is 1. The molecule has 1 atom stereocenters. The van der Waals surface area contributed by atoms with E-state index < -0.39 is 18.0 Å². The van der Waals surface area contributed by atoms with Crippen LogP contribution in [0.25, 0.3) is 0 Å². The number of ether oxygens (including phenoxy) is 1. The SMILES string of the molecule is C=C(C)C(=O)O.CCOC(=O)C(C)O. The normalized spacial score (nSPS) is 10.6. The highest BCUT2D eigenvalue weighted by molar-refractivity contribution is 5.84. The summed E-state index contributed by atoms with van der Waals surface area (Å²) in [6.07, 6.45) is -0.991. The van der Waals surface area contributed by atoms with Crippen molar-refractivity contribution in [1.82, 2.24) is 0 Å². The maximum absolute atomic E-state index is 10.3. The van der Waals surface area contributed by atoms with Crippen molar-refractivity contribution in [3.05, 3.63) is 12.2 Å². The van der Waals surface area contributed by atoms with Gasteiger partial charge in [-0.25, -0.2) is 9.59 Å². The fourth-order valence-electron chi connectivity index (χ4n) is 0.263. The van der Waals surface area contributed by atoms with E-state index in [9.17, 15) is 9.59 Å². The average Bonchev–Trinajstić information content (AvgIpc) is 2.05. The smallest absolute Gasteiger partial charge is 0.334 e. The first-order valence-electron chi connectivity index (χ1n) is 4.06. The number of carbonyl (C=O) groups excluding carboxylic acids is 1. The van der Waals surface area contributed by atoms with E-state index in [1.54, 1.807) is 6.92 Å². The van der Waals surface area contributed by atoms with E-state index in [1.807, 2.05) is 0 Å². The Hall–Kier alpha value is -1.36. The van der Waals surface area contributed by atoms with Gasteiger partial charge in [0.2, 0.25) is 0 Å². The predicted octanol–water partition coefficient (Wildman–Crippen LogP) is 0.577. The molecule has 0 aliphatic rings. The Kier molecular flexibility index (Phi) is 8.91. The summed E-state index contributed by atoms with van der Waals surface area (Å²) in [5, 5.41) is 16.4. The minimum Gasteiger partial charge on any atom is -0.478 e. The van der Waals surface area contributed by atoms with E-state index in [1.165, 1.54) is 13.8 Å². The van der Waals surface area contributed by atoms with Crippen LogP contribution in [0.15, 0.2) is 12.2 Å². The molecule has 0 aromatic heterocycles. The molecule has 82 valence electrons. The van der Waals surface area contributed by atoms with E-state index in [2.05, 4.69) is 11.3 Å². The van der Waals surface area contributed by atoms with Gasteiger partial charge < -0.3 is 14.9 Å². The second-order valence-electron chi connectivity index (χ2n) is 2.51. The van der Waals surface area contributed by atoms with Crippen molar-refractivity contribution in [3.63, 3.8) is 0 Å². The van der Waals surface area contributed by atoms with Crippen molar-refractivity contribution >= 4 is 11.9 Å². The number of esters is 1. The number of carboxylic acids is 1. The van der Waals surface area contributed by atoms with Gasteiger partial charge in [-0.1, -0.05) is 6.58 Å². The highest BCUT2D eigenvalue weighted by Crippen LogP contribution is 1.84. The number of rotatable bonds is 3. The summed E-state index contributed by atoms with van der Waals surface area (Å²) in [6, 6.07) is 0. The Balaban J connectivity index is 0. The monoisotopic (exact) mass is 204 g/mol. The van der Waals surface area contributed by atoms with Crippen molar-refractivity contribution in [3.8, 4) is 0 Å². The molecule has 0 bridgehead atoms. The van der Waals surface area contributed by atoms with Gasteiger partial charge in [-0.2, -0.15) is 0 Å². The zero-order valence-electron chi connectivity index (χ0n) is 8.61. The summed E-state index contributed by atoms with van der Waals surface area (Å²) >= 11 is 0. The molecule has 0 rings (SSSR count). The lowest BCUT2D eigenvalue weighted by Crippen LogP contribution is -2.18. The first-order valence-corrected chi connectivity index (χ1v) is 4.06. The van der Waals surface area contributed by atoms with E-state index >= 15 is 0 Å². The Labute approximate surface area is 83.0 Å². The van der Waals surface area contributed by atoms with Crippen LogP contribution in [-0.4, -0.2) is 34.9 Å². The molecule has 0 spiro atoms. The molecule has 0 saturated heterocycles. The second-order valence-corrected chi connectivity index (χ2v) is 2.51. The molecule has 0 radical (unpaired) electrons. The molecular weight excluding hydrogens is 188 g/mol. The highest BCUT2D eigenvalue weighted by Gasteiger charge is 2.07. The molecule has 14 heavy (non-hydrogen) atoms. The number of carbonyl (C=O) groups is 2. The van der Waals surface area contributed by atoms with Crippen LogP contribution in [0.5, 0.6) is 0 Å². The molecule has 0 amide bonds. The average molecular weight is 204 g/mol. The van der Waals surface area contributed by atoms with Crippen molar-refractivity contribution in [2.75, 3.05) is 6.61 Å². The third kappa shape index (κ3) is 10.6. The van der Waals surface area contributed by atoms with Gasteiger partial charge in [0.25, 0.3) is 0 Å². The van der Waals surface area contributed by atoms with Gasteiger partial charge in [-0.05, 0) is 20.8 Å². The second kappa shape index (κ2) is 8.25. The van der Waals surface area contributed by atoms with Crippen LogP contribution in [-0.2, 0) is 14.3 Å². The first kappa shape index (κ1) is 15.1. The highest BCUT2D eigenvalue weighted by atomic mass is 16.5. The third-order valence-corrected chi connectivity index (χ3v) is 0.993. The van der Waals surface area contributed by atoms with E-state index in [0.29, 0.717) is 6.61 Å². The van der Waals surface area contributed by atoms with Crippen LogP contribution in [0.3, 0.4) is 0 Å². The first-order chi connectivity index (χ1) is 6.32. The Morgan fingerprint density at radius 1 is 1.50 bits per heavy atom. The Bertz CT molecular complexity index is 195. The van der Waals surface area contributed by atoms with E-state index in [4.69, 9.17) is 10.2 Å². The van der Waals surface area contributed by atoms with Gasteiger partial charge in [0.15, 0.2) is 0 Å². The Morgan fingerprint density at radius 3 is 1.93 bits per heavy atom. The summed E-state index contributed by atoms with van der Waals surface area (Å²) in [7, 11) is 0. The molecule has 0 heterocycles. The molecule has 0 aliphatic carbocycles. The van der Waals surface area contributed by atoms with E-state index in [0.717, 1.165) is 0 Å². The minimum atomic E-state index is -0.991. The number of carboxylic acid groups (broad SMARTS) is 1. The maximum atomic E-state index is 10.3. The molecule has 0 aromatic rings.